The van der Waals surface area contributed by atoms with E-state index in [0.717, 1.165) is 0 Å². The van der Waals surface area contributed by atoms with E-state index in [9.17, 15) is 4.39 Å². The first kappa shape index (κ1) is 12.4. The zero-order valence-electron chi connectivity index (χ0n) is 9.68. The standard InChI is InChI=1S/C13H11FN2OS/c1-8-6-10(2-3-11(8)14)17-12-7-9(13(15)18)4-5-16-12/h2-7H,1H3,(H2,15,18). The van der Waals surface area contributed by atoms with Crippen molar-refractivity contribution in [2.45, 2.75) is 6.92 Å². The molecule has 1 heterocycles. The fourth-order valence-electron chi connectivity index (χ4n) is 1.42. The fraction of sp³-hybridized carbons (Fsp3) is 0.0769. The largest absolute Gasteiger partial charge is 0.439 e. The minimum atomic E-state index is -0.271. The van der Waals surface area contributed by atoms with Gasteiger partial charge in [-0.2, -0.15) is 0 Å². The Morgan fingerprint density at radius 3 is 2.78 bits per heavy atom. The Bertz CT molecular complexity index is 601. The lowest BCUT2D eigenvalue weighted by atomic mass is 10.2. The van der Waals surface area contributed by atoms with Gasteiger partial charge < -0.3 is 10.5 Å². The van der Waals surface area contributed by atoms with Gasteiger partial charge in [0.25, 0.3) is 0 Å². The minimum absolute atomic E-state index is 0.271. The number of aryl methyl sites for hydroxylation is 1. The number of nitrogens with zero attached hydrogens (tertiary/aromatic N) is 1. The molecule has 0 saturated carbocycles. The van der Waals surface area contributed by atoms with Gasteiger partial charge in [-0.25, -0.2) is 9.37 Å². The van der Waals surface area contributed by atoms with Crippen molar-refractivity contribution in [3.8, 4) is 11.6 Å². The molecule has 0 fully saturated rings. The first-order valence-corrected chi connectivity index (χ1v) is 5.67. The molecule has 2 rings (SSSR count). The zero-order chi connectivity index (χ0) is 13.1. The molecule has 0 aliphatic carbocycles. The Kier molecular flexibility index (Phi) is 3.53. The molecule has 0 aliphatic heterocycles. The number of halogens is 1. The maximum Gasteiger partial charge on any atom is 0.219 e. The van der Waals surface area contributed by atoms with Crippen LogP contribution in [0.15, 0.2) is 36.5 Å². The number of hydrogen-bond acceptors (Lipinski definition) is 3. The van der Waals surface area contributed by atoms with Crippen molar-refractivity contribution in [2.24, 2.45) is 5.73 Å². The predicted molar refractivity (Wildman–Crippen MR) is 71.3 cm³/mol. The van der Waals surface area contributed by atoms with Crippen LogP contribution < -0.4 is 10.5 Å². The molecule has 0 unspecified atom stereocenters. The number of ether oxygens (including phenoxy) is 1. The van der Waals surface area contributed by atoms with Crippen LogP contribution in [0.5, 0.6) is 11.6 Å². The summed E-state index contributed by atoms with van der Waals surface area (Å²) in [6.07, 6.45) is 1.56. The molecule has 0 saturated heterocycles. The van der Waals surface area contributed by atoms with Crippen LogP contribution >= 0.6 is 12.2 Å². The summed E-state index contributed by atoms with van der Waals surface area (Å²) in [5.74, 6) is 0.611. The fourth-order valence-corrected chi connectivity index (χ4v) is 1.55. The SMILES string of the molecule is Cc1cc(Oc2cc(C(N)=S)ccn2)ccc1F. The summed E-state index contributed by atoms with van der Waals surface area (Å²) >= 11 is 4.87. The van der Waals surface area contributed by atoms with Crippen molar-refractivity contribution < 1.29 is 9.13 Å². The van der Waals surface area contributed by atoms with Crippen molar-refractivity contribution in [2.75, 3.05) is 0 Å². The zero-order valence-corrected chi connectivity index (χ0v) is 10.5. The van der Waals surface area contributed by atoms with Crippen molar-refractivity contribution in [3.63, 3.8) is 0 Å². The molecule has 0 amide bonds. The van der Waals surface area contributed by atoms with Crippen molar-refractivity contribution in [1.82, 2.24) is 4.98 Å². The van der Waals surface area contributed by atoms with Gasteiger partial charge >= 0.3 is 0 Å². The minimum Gasteiger partial charge on any atom is -0.439 e. The van der Waals surface area contributed by atoms with Crippen LogP contribution in [0.1, 0.15) is 11.1 Å². The molecule has 0 aliphatic rings. The summed E-state index contributed by atoms with van der Waals surface area (Å²) in [6, 6.07) is 7.83. The number of benzene rings is 1. The lowest BCUT2D eigenvalue weighted by Gasteiger charge is -2.07. The number of rotatable bonds is 3. The van der Waals surface area contributed by atoms with Crippen LogP contribution in [0.3, 0.4) is 0 Å². The molecule has 2 aromatic rings. The average molecular weight is 262 g/mol. The third-order valence-electron chi connectivity index (χ3n) is 2.37. The number of nitrogens with two attached hydrogens (primary N) is 1. The average Bonchev–Trinajstić information content (AvgIpc) is 2.34. The van der Waals surface area contributed by atoms with Crippen LogP contribution in [0.2, 0.25) is 0 Å². The Morgan fingerprint density at radius 1 is 1.33 bits per heavy atom. The van der Waals surface area contributed by atoms with Crippen LogP contribution in [-0.2, 0) is 0 Å². The van der Waals surface area contributed by atoms with E-state index in [1.54, 1.807) is 31.3 Å². The van der Waals surface area contributed by atoms with E-state index in [1.165, 1.54) is 12.1 Å². The second-order valence-electron chi connectivity index (χ2n) is 3.76. The van der Waals surface area contributed by atoms with E-state index in [-0.39, 0.29) is 10.8 Å². The number of pyridine rings is 1. The Hall–Kier alpha value is -2.01. The molecule has 0 radical (unpaired) electrons. The number of aromatic nitrogens is 1. The normalized spacial score (nSPS) is 10.1. The molecule has 1 aromatic carbocycles. The van der Waals surface area contributed by atoms with E-state index >= 15 is 0 Å². The summed E-state index contributed by atoms with van der Waals surface area (Å²) in [5.41, 5.74) is 6.71. The van der Waals surface area contributed by atoms with Gasteiger partial charge in [-0.1, -0.05) is 12.2 Å². The van der Waals surface area contributed by atoms with Crippen molar-refractivity contribution >= 4 is 17.2 Å². The number of hydrogen-bond donors (Lipinski definition) is 1. The number of thiocarbonyl (C=S) groups is 1. The summed E-state index contributed by atoms with van der Waals surface area (Å²) in [6.45, 7) is 1.67. The smallest absolute Gasteiger partial charge is 0.219 e. The topological polar surface area (TPSA) is 48.1 Å². The summed E-state index contributed by atoms with van der Waals surface area (Å²) < 4.78 is 18.6. The van der Waals surface area contributed by atoms with Crippen LogP contribution in [-0.4, -0.2) is 9.97 Å². The Morgan fingerprint density at radius 2 is 2.11 bits per heavy atom. The Labute approximate surface area is 109 Å². The molecule has 0 bridgehead atoms. The van der Waals surface area contributed by atoms with Crippen LogP contribution in [0.25, 0.3) is 0 Å². The van der Waals surface area contributed by atoms with Gasteiger partial charge in [0, 0.05) is 17.8 Å². The maximum atomic E-state index is 13.1. The van der Waals surface area contributed by atoms with E-state index < -0.39 is 0 Å². The van der Waals surface area contributed by atoms with Crippen LogP contribution in [0.4, 0.5) is 4.39 Å². The van der Waals surface area contributed by atoms with Crippen molar-refractivity contribution in [1.29, 1.82) is 0 Å². The summed E-state index contributed by atoms with van der Waals surface area (Å²) in [7, 11) is 0. The first-order valence-electron chi connectivity index (χ1n) is 5.26. The van der Waals surface area contributed by atoms with E-state index in [1.807, 2.05) is 0 Å². The first-order chi connectivity index (χ1) is 8.56. The van der Waals surface area contributed by atoms with Gasteiger partial charge in [0.2, 0.25) is 5.88 Å². The summed E-state index contributed by atoms with van der Waals surface area (Å²) in [4.78, 5) is 4.31. The molecule has 18 heavy (non-hydrogen) atoms. The van der Waals surface area contributed by atoms with Gasteiger partial charge in [0.1, 0.15) is 16.6 Å². The monoisotopic (exact) mass is 262 g/mol. The lowest BCUT2D eigenvalue weighted by Crippen LogP contribution is -2.09. The maximum absolute atomic E-state index is 13.1. The molecule has 92 valence electrons. The molecular weight excluding hydrogens is 251 g/mol. The van der Waals surface area contributed by atoms with Gasteiger partial charge in [-0.15, -0.1) is 0 Å². The predicted octanol–water partition coefficient (Wildman–Crippen LogP) is 2.96. The van der Waals surface area contributed by atoms with Gasteiger partial charge in [0.05, 0.1) is 0 Å². The van der Waals surface area contributed by atoms with Crippen LogP contribution in [0, 0.1) is 12.7 Å². The van der Waals surface area contributed by atoms with E-state index in [0.29, 0.717) is 22.8 Å². The molecule has 0 atom stereocenters. The highest BCUT2D eigenvalue weighted by atomic mass is 32.1. The van der Waals surface area contributed by atoms with Gasteiger partial charge in [0.15, 0.2) is 0 Å². The second kappa shape index (κ2) is 5.10. The Balaban J connectivity index is 2.25. The lowest BCUT2D eigenvalue weighted by molar-refractivity contribution is 0.460. The molecule has 3 nitrogen and oxygen atoms in total. The van der Waals surface area contributed by atoms with E-state index in [2.05, 4.69) is 4.98 Å². The third kappa shape index (κ3) is 2.81. The van der Waals surface area contributed by atoms with Gasteiger partial charge in [-0.3, -0.25) is 0 Å². The van der Waals surface area contributed by atoms with Crippen molar-refractivity contribution in [3.05, 3.63) is 53.5 Å². The second-order valence-corrected chi connectivity index (χ2v) is 4.20. The molecule has 0 spiro atoms. The van der Waals surface area contributed by atoms with E-state index in [4.69, 9.17) is 22.7 Å². The van der Waals surface area contributed by atoms with Gasteiger partial charge in [-0.05, 0) is 36.8 Å². The molecule has 2 N–H and O–H groups in total. The highest BCUT2D eigenvalue weighted by Crippen LogP contribution is 2.22. The summed E-state index contributed by atoms with van der Waals surface area (Å²) in [5, 5.41) is 0. The molecular formula is C13H11FN2OS. The molecule has 5 heteroatoms. The highest BCUT2D eigenvalue weighted by Gasteiger charge is 2.04. The quantitative estimate of drug-likeness (QED) is 0.864. The highest BCUT2D eigenvalue weighted by molar-refractivity contribution is 7.80. The molecule has 1 aromatic heterocycles. The third-order valence-corrected chi connectivity index (χ3v) is 2.61.